The second-order valence-corrected chi connectivity index (χ2v) is 5.67. The zero-order valence-corrected chi connectivity index (χ0v) is 12.8. The molecule has 1 fully saturated rings. The SMILES string of the molecule is CCC(C(=O)O)N1CCN(c2cncc3ccccc23)CC1. The van der Waals surface area contributed by atoms with Gasteiger partial charge in [0.25, 0.3) is 0 Å². The van der Waals surface area contributed by atoms with Crippen LogP contribution in [0.2, 0.25) is 0 Å². The number of fused-ring (bicyclic) bond motifs is 1. The zero-order chi connectivity index (χ0) is 15.5. The van der Waals surface area contributed by atoms with E-state index in [1.165, 1.54) is 5.39 Å². The summed E-state index contributed by atoms with van der Waals surface area (Å²) in [4.78, 5) is 20.0. The highest BCUT2D eigenvalue weighted by Gasteiger charge is 2.27. The van der Waals surface area contributed by atoms with Crippen molar-refractivity contribution < 1.29 is 9.90 Å². The highest BCUT2D eigenvalue weighted by Crippen LogP contribution is 2.26. The Balaban J connectivity index is 1.77. The molecule has 22 heavy (non-hydrogen) atoms. The van der Waals surface area contributed by atoms with Crippen LogP contribution in [0.15, 0.2) is 36.7 Å². The summed E-state index contributed by atoms with van der Waals surface area (Å²) < 4.78 is 0. The fraction of sp³-hybridized carbons (Fsp3) is 0.412. The predicted molar refractivity (Wildman–Crippen MR) is 87.2 cm³/mol. The van der Waals surface area contributed by atoms with E-state index < -0.39 is 5.97 Å². The summed E-state index contributed by atoms with van der Waals surface area (Å²) >= 11 is 0. The first-order valence-corrected chi connectivity index (χ1v) is 7.75. The lowest BCUT2D eigenvalue weighted by Crippen LogP contribution is -2.52. The number of carboxylic acids is 1. The Bertz CT molecular complexity index is 661. The molecule has 1 saturated heterocycles. The largest absolute Gasteiger partial charge is 0.480 e. The normalized spacial score (nSPS) is 17.6. The minimum atomic E-state index is -0.720. The number of aliphatic carboxylic acids is 1. The Labute approximate surface area is 130 Å². The van der Waals surface area contributed by atoms with Crippen LogP contribution in [0.1, 0.15) is 13.3 Å². The van der Waals surface area contributed by atoms with Gasteiger partial charge in [-0.05, 0) is 6.42 Å². The van der Waals surface area contributed by atoms with Crippen molar-refractivity contribution >= 4 is 22.4 Å². The molecule has 0 aliphatic carbocycles. The summed E-state index contributed by atoms with van der Waals surface area (Å²) in [7, 11) is 0. The lowest BCUT2D eigenvalue weighted by atomic mass is 10.1. The molecule has 0 spiro atoms. The average Bonchev–Trinajstić information content (AvgIpc) is 2.55. The maximum Gasteiger partial charge on any atom is 0.320 e. The minimum absolute atomic E-state index is 0.368. The molecule has 0 saturated carbocycles. The van der Waals surface area contributed by atoms with E-state index in [4.69, 9.17) is 0 Å². The molecule has 1 atom stereocenters. The monoisotopic (exact) mass is 299 g/mol. The molecule has 1 N–H and O–H groups in total. The Kier molecular flexibility index (Phi) is 4.24. The second kappa shape index (κ2) is 6.32. The number of aromatic nitrogens is 1. The van der Waals surface area contributed by atoms with Gasteiger partial charge in [0.2, 0.25) is 0 Å². The van der Waals surface area contributed by atoms with Crippen LogP contribution >= 0.6 is 0 Å². The van der Waals surface area contributed by atoms with Crippen LogP contribution in [-0.2, 0) is 4.79 Å². The number of hydrogen-bond acceptors (Lipinski definition) is 4. The van der Waals surface area contributed by atoms with Crippen molar-refractivity contribution in [2.45, 2.75) is 19.4 Å². The molecule has 1 aliphatic heterocycles. The molecule has 0 bridgehead atoms. The van der Waals surface area contributed by atoms with Gasteiger partial charge in [-0.15, -0.1) is 0 Å². The molecule has 5 nitrogen and oxygen atoms in total. The van der Waals surface area contributed by atoms with Crippen LogP contribution in [0.5, 0.6) is 0 Å². The smallest absolute Gasteiger partial charge is 0.320 e. The van der Waals surface area contributed by atoms with E-state index in [2.05, 4.69) is 26.9 Å². The first-order chi connectivity index (χ1) is 10.7. The number of carboxylic acid groups (broad SMARTS) is 1. The average molecular weight is 299 g/mol. The van der Waals surface area contributed by atoms with Crippen molar-refractivity contribution in [1.29, 1.82) is 0 Å². The number of anilines is 1. The first-order valence-electron chi connectivity index (χ1n) is 7.75. The summed E-state index contributed by atoms with van der Waals surface area (Å²) in [6.45, 7) is 5.14. The lowest BCUT2D eigenvalue weighted by molar-refractivity contribution is -0.143. The van der Waals surface area contributed by atoms with E-state index in [1.54, 1.807) is 0 Å². The minimum Gasteiger partial charge on any atom is -0.480 e. The van der Waals surface area contributed by atoms with Gasteiger partial charge in [-0.25, -0.2) is 0 Å². The summed E-state index contributed by atoms with van der Waals surface area (Å²) in [5, 5.41) is 11.6. The molecule has 1 aliphatic rings. The third kappa shape index (κ3) is 2.76. The maximum atomic E-state index is 11.3. The molecular formula is C17H21N3O2. The van der Waals surface area contributed by atoms with Gasteiger partial charge in [0, 0.05) is 43.1 Å². The molecule has 0 radical (unpaired) electrons. The van der Waals surface area contributed by atoms with Crippen molar-refractivity contribution in [3.05, 3.63) is 36.7 Å². The van der Waals surface area contributed by atoms with Gasteiger partial charge in [0.15, 0.2) is 0 Å². The molecule has 1 aromatic carbocycles. The molecule has 0 amide bonds. The molecule has 3 rings (SSSR count). The Morgan fingerprint density at radius 3 is 2.64 bits per heavy atom. The Morgan fingerprint density at radius 2 is 1.95 bits per heavy atom. The standard InChI is InChI=1S/C17H21N3O2/c1-2-15(17(21)22)19-7-9-20(10-8-19)16-12-18-11-13-5-3-4-6-14(13)16/h3-6,11-12,15H,2,7-10H2,1H3,(H,21,22). The van der Waals surface area contributed by atoms with E-state index in [-0.39, 0.29) is 6.04 Å². The van der Waals surface area contributed by atoms with E-state index in [1.807, 2.05) is 31.5 Å². The van der Waals surface area contributed by atoms with Crippen molar-refractivity contribution in [3.8, 4) is 0 Å². The first kappa shape index (κ1) is 14.8. The number of rotatable bonds is 4. The van der Waals surface area contributed by atoms with Crippen LogP contribution < -0.4 is 4.90 Å². The number of nitrogens with zero attached hydrogens (tertiary/aromatic N) is 3. The van der Waals surface area contributed by atoms with Gasteiger partial charge >= 0.3 is 5.97 Å². The van der Waals surface area contributed by atoms with Crippen molar-refractivity contribution in [1.82, 2.24) is 9.88 Å². The van der Waals surface area contributed by atoms with Crippen molar-refractivity contribution in [2.24, 2.45) is 0 Å². The number of pyridine rings is 1. The van der Waals surface area contributed by atoms with E-state index in [9.17, 15) is 9.90 Å². The molecule has 5 heteroatoms. The van der Waals surface area contributed by atoms with Crippen LogP contribution in [0.3, 0.4) is 0 Å². The van der Waals surface area contributed by atoms with Gasteiger partial charge in [0.1, 0.15) is 6.04 Å². The molecule has 116 valence electrons. The Hall–Kier alpha value is -2.14. The van der Waals surface area contributed by atoms with Crippen molar-refractivity contribution in [3.63, 3.8) is 0 Å². The number of hydrogen-bond donors (Lipinski definition) is 1. The van der Waals surface area contributed by atoms with Crippen LogP contribution in [0, 0.1) is 0 Å². The third-order valence-corrected chi connectivity index (χ3v) is 4.41. The highest BCUT2D eigenvalue weighted by atomic mass is 16.4. The topological polar surface area (TPSA) is 56.7 Å². The van der Waals surface area contributed by atoms with Crippen LogP contribution in [0.25, 0.3) is 10.8 Å². The molecule has 1 aromatic heterocycles. The summed E-state index contributed by atoms with van der Waals surface area (Å²) in [6.07, 6.45) is 4.43. The van der Waals surface area contributed by atoms with Crippen molar-refractivity contribution in [2.75, 3.05) is 31.1 Å². The number of carbonyl (C=O) groups is 1. The fourth-order valence-electron chi connectivity index (χ4n) is 3.22. The highest BCUT2D eigenvalue weighted by molar-refractivity contribution is 5.93. The summed E-state index contributed by atoms with van der Waals surface area (Å²) in [5.41, 5.74) is 1.14. The van der Waals surface area contributed by atoms with Gasteiger partial charge < -0.3 is 10.0 Å². The zero-order valence-electron chi connectivity index (χ0n) is 12.8. The van der Waals surface area contributed by atoms with E-state index >= 15 is 0 Å². The maximum absolute atomic E-state index is 11.3. The van der Waals surface area contributed by atoms with Gasteiger partial charge in [-0.1, -0.05) is 31.2 Å². The molecular weight excluding hydrogens is 278 g/mol. The van der Waals surface area contributed by atoms with Gasteiger partial charge in [-0.3, -0.25) is 14.7 Å². The van der Waals surface area contributed by atoms with Crippen LogP contribution in [0.4, 0.5) is 5.69 Å². The molecule has 1 unspecified atom stereocenters. The quantitative estimate of drug-likeness (QED) is 0.938. The van der Waals surface area contributed by atoms with Gasteiger partial charge in [0.05, 0.1) is 11.9 Å². The molecule has 2 heterocycles. The third-order valence-electron chi connectivity index (χ3n) is 4.41. The fourth-order valence-corrected chi connectivity index (χ4v) is 3.22. The summed E-state index contributed by atoms with van der Waals surface area (Å²) in [5.74, 6) is -0.720. The summed E-state index contributed by atoms with van der Waals surface area (Å²) in [6, 6.07) is 7.88. The Morgan fingerprint density at radius 1 is 1.23 bits per heavy atom. The van der Waals surface area contributed by atoms with Crippen LogP contribution in [-0.4, -0.2) is 53.2 Å². The number of piperazine rings is 1. The van der Waals surface area contributed by atoms with E-state index in [0.29, 0.717) is 6.42 Å². The molecule has 2 aromatic rings. The lowest BCUT2D eigenvalue weighted by Gasteiger charge is -2.38. The number of benzene rings is 1. The van der Waals surface area contributed by atoms with Gasteiger partial charge in [-0.2, -0.15) is 0 Å². The second-order valence-electron chi connectivity index (χ2n) is 5.67. The van der Waals surface area contributed by atoms with E-state index in [0.717, 1.165) is 37.3 Å². The predicted octanol–water partition coefficient (Wildman–Crippen LogP) is 2.22.